The molecular weight excluding hydrogens is 226 g/mol. The Labute approximate surface area is 95.2 Å². The number of aromatic nitrogens is 2. The van der Waals surface area contributed by atoms with Gasteiger partial charge in [-0.25, -0.2) is 18.4 Å². The zero-order chi connectivity index (χ0) is 11.4. The van der Waals surface area contributed by atoms with E-state index in [2.05, 4.69) is 15.3 Å². The molecule has 0 saturated carbocycles. The Hall–Kier alpha value is -1.01. The fourth-order valence-electron chi connectivity index (χ4n) is 1.90. The molecule has 16 heavy (non-hydrogen) atoms. The summed E-state index contributed by atoms with van der Waals surface area (Å²) in [6.07, 6.45) is 4.91. The largest absolute Gasteiger partial charge is 0.316 e. The maximum atomic E-state index is 11.9. The van der Waals surface area contributed by atoms with Gasteiger partial charge in [0.05, 0.1) is 5.75 Å². The van der Waals surface area contributed by atoms with Crippen molar-refractivity contribution >= 4 is 9.84 Å². The lowest BCUT2D eigenvalue weighted by Gasteiger charge is -2.21. The van der Waals surface area contributed by atoms with Crippen LogP contribution >= 0.6 is 0 Å². The van der Waals surface area contributed by atoms with Gasteiger partial charge in [-0.05, 0) is 37.9 Å². The summed E-state index contributed by atoms with van der Waals surface area (Å²) >= 11 is 0. The summed E-state index contributed by atoms with van der Waals surface area (Å²) in [5, 5.41) is 3.15. The minimum atomic E-state index is -3.32. The average Bonchev–Trinajstić information content (AvgIpc) is 2.31. The fraction of sp³-hybridized carbons (Fsp3) is 0.600. The predicted molar refractivity (Wildman–Crippen MR) is 59.7 cm³/mol. The first-order valence-corrected chi connectivity index (χ1v) is 7.04. The number of rotatable bonds is 3. The van der Waals surface area contributed by atoms with E-state index in [0.717, 1.165) is 25.9 Å². The van der Waals surface area contributed by atoms with E-state index in [0.29, 0.717) is 0 Å². The monoisotopic (exact) mass is 241 g/mol. The van der Waals surface area contributed by atoms with Crippen molar-refractivity contribution in [3.8, 4) is 0 Å². The molecule has 6 heteroatoms. The van der Waals surface area contributed by atoms with Crippen LogP contribution in [0.4, 0.5) is 0 Å². The number of nitrogens with one attached hydrogen (secondary N) is 1. The van der Waals surface area contributed by atoms with Crippen molar-refractivity contribution in [2.45, 2.75) is 18.0 Å². The Morgan fingerprint density at radius 2 is 2.12 bits per heavy atom. The van der Waals surface area contributed by atoms with E-state index in [4.69, 9.17) is 0 Å². The lowest BCUT2D eigenvalue weighted by atomic mass is 10.0. The first-order valence-electron chi connectivity index (χ1n) is 5.39. The molecule has 1 aromatic rings. The van der Waals surface area contributed by atoms with E-state index >= 15 is 0 Å². The van der Waals surface area contributed by atoms with E-state index in [-0.39, 0.29) is 16.8 Å². The minimum absolute atomic E-state index is 0.0550. The molecule has 2 heterocycles. The normalized spacial score (nSPS) is 21.9. The highest BCUT2D eigenvalue weighted by Crippen LogP contribution is 2.15. The molecule has 0 aliphatic carbocycles. The minimum Gasteiger partial charge on any atom is -0.316 e. The van der Waals surface area contributed by atoms with E-state index < -0.39 is 9.84 Å². The van der Waals surface area contributed by atoms with Crippen molar-refractivity contribution in [2.75, 3.05) is 18.8 Å². The molecule has 1 aliphatic rings. The van der Waals surface area contributed by atoms with Crippen molar-refractivity contribution < 1.29 is 8.42 Å². The molecule has 1 aliphatic heterocycles. The molecule has 0 bridgehead atoms. The second-order valence-corrected chi connectivity index (χ2v) is 5.95. The van der Waals surface area contributed by atoms with Gasteiger partial charge in [0.1, 0.15) is 0 Å². The molecule has 1 N–H and O–H groups in total. The maximum absolute atomic E-state index is 11.9. The van der Waals surface area contributed by atoms with Crippen LogP contribution in [0.15, 0.2) is 23.6 Å². The van der Waals surface area contributed by atoms with Gasteiger partial charge in [0, 0.05) is 12.4 Å². The molecule has 0 radical (unpaired) electrons. The number of nitrogens with zero attached hydrogens (tertiary/aromatic N) is 2. The van der Waals surface area contributed by atoms with Gasteiger partial charge in [0.2, 0.25) is 15.0 Å². The third-order valence-electron chi connectivity index (χ3n) is 2.67. The molecule has 1 saturated heterocycles. The van der Waals surface area contributed by atoms with E-state index in [1.54, 1.807) is 6.07 Å². The third-order valence-corrected chi connectivity index (χ3v) is 4.35. The zero-order valence-corrected chi connectivity index (χ0v) is 9.78. The molecule has 0 amide bonds. The van der Waals surface area contributed by atoms with Gasteiger partial charge >= 0.3 is 0 Å². The first-order chi connectivity index (χ1) is 7.68. The van der Waals surface area contributed by atoms with Crippen LogP contribution in [0.1, 0.15) is 12.8 Å². The molecule has 0 spiro atoms. The molecule has 1 atom stereocenters. The summed E-state index contributed by atoms with van der Waals surface area (Å²) in [4.78, 5) is 7.59. The Bertz CT molecular complexity index is 427. The molecule has 1 fully saturated rings. The van der Waals surface area contributed by atoms with E-state index in [1.165, 1.54) is 12.4 Å². The Morgan fingerprint density at radius 3 is 2.75 bits per heavy atom. The molecular formula is C10H15N3O2S. The van der Waals surface area contributed by atoms with Crippen LogP contribution < -0.4 is 5.32 Å². The van der Waals surface area contributed by atoms with Crippen molar-refractivity contribution in [3.05, 3.63) is 18.5 Å². The molecule has 2 rings (SSSR count). The summed E-state index contributed by atoms with van der Waals surface area (Å²) in [6.45, 7) is 1.75. The lowest BCUT2D eigenvalue weighted by Crippen LogP contribution is -2.34. The van der Waals surface area contributed by atoms with Crippen molar-refractivity contribution in [2.24, 2.45) is 5.92 Å². The molecule has 88 valence electrons. The van der Waals surface area contributed by atoms with Gasteiger partial charge in [0.25, 0.3) is 0 Å². The quantitative estimate of drug-likeness (QED) is 0.768. The van der Waals surface area contributed by atoms with Gasteiger partial charge in [-0.1, -0.05) is 0 Å². The number of hydrogen-bond acceptors (Lipinski definition) is 5. The van der Waals surface area contributed by atoms with Gasteiger partial charge in [-0.3, -0.25) is 0 Å². The van der Waals surface area contributed by atoms with E-state index in [9.17, 15) is 8.42 Å². The van der Waals surface area contributed by atoms with Crippen LogP contribution in [0.5, 0.6) is 0 Å². The Kier molecular flexibility index (Phi) is 3.50. The smallest absolute Gasteiger partial charge is 0.247 e. The molecule has 1 aromatic heterocycles. The van der Waals surface area contributed by atoms with Gasteiger partial charge in [-0.2, -0.15) is 0 Å². The highest BCUT2D eigenvalue weighted by atomic mass is 32.2. The summed E-state index contributed by atoms with van der Waals surface area (Å²) in [5.41, 5.74) is 0. The van der Waals surface area contributed by atoms with Crippen LogP contribution in [0, 0.1) is 5.92 Å². The number of hydrogen-bond donors (Lipinski definition) is 1. The highest BCUT2D eigenvalue weighted by Gasteiger charge is 2.24. The Morgan fingerprint density at radius 1 is 1.38 bits per heavy atom. The second-order valence-electron chi connectivity index (χ2n) is 4.03. The van der Waals surface area contributed by atoms with Gasteiger partial charge < -0.3 is 5.32 Å². The van der Waals surface area contributed by atoms with Crippen molar-refractivity contribution in [3.63, 3.8) is 0 Å². The fourth-order valence-corrected chi connectivity index (χ4v) is 3.39. The topological polar surface area (TPSA) is 72.0 Å². The van der Waals surface area contributed by atoms with Crippen LogP contribution in [-0.2, 0) is 9.84 Å². The summed E-state index contributed by atoms with van der Waals surface area (Å²) in [6, 6.07) is 1.61. The van der Waals surface area contributed by atoms with Crippen LogP contribution in [0.3, 0.4) is 0 Å². The Balaban J connectivity index is 2.08. The zero-order valence-electron chi connectivity index (χ0n) is 8.96. The van der Waals surface area contributed by atoms with Crippen molar-refractivity contribution in [1.29, 1.82) is 0 Å². The SMILES string of the molecule is O=S(=O)(CC1CCCNC1)c1ncccn1. The third kappa shape index (κ3) is 2.76. The first kappa shape index (κ1) is 11.5. The maximum Gasteiger partial charge on any atom is 0.247 e. The number of piperidine rings is 1. The van der Waals surface area contributed by atoms with Crippen molar-refractivity contribution in [1.82, 2.24) is 15.3 Å². The summed E-state index contributed by atoms with van der Waals surface area (Å²) in [5.74, 6) is 0.326. The highest BCUT2D eigenvalue weighted by molar-refractivity contribution is 7.91. The standard InChI is InChI=1S/C10H15N3O2S/c14-16(15,10-12-5-2-6-13-10)8-9-3-1-4-11-7-9/h2,5-6,9,11H,1,3-4,7-8H2. The summed E-state index contributed by atoms with van der Waals surface area (Å²) < 4.78 is 23.9. The van der Waals surface area contributed by atoms with Crippen LogP contribution in [-0.4, -0.2) is 37.2 Å². The summed E-state index contributed by atoms with van der Waals surface area (Å²) in [7, 11) is -3.32. The van der Waals surface area contributed by atoms with Gasteiger partial charge in [0.15, 0.2) is 0 Å². The van der Waals surface area contributed by atoms with Gasteiger partial charge in [-0.15, -0.1) is 0 Å². The average molecular weight is 241 g/mol. The molecule has 5 nitrogen and oxygen atoms in total. The predicted octanol–water partition coefficient (Wildman–Crippen LogP) is 0.250. The number of sulfone groups is 1. The second kappa shape index (κ2) is 4.88. The van der Waals surface area contributed by atoms with Crippen LogP contribution in [0.2, 0.25) is 0 Å². The van der Waals surface area contributed by atoms with E-state index in [1.807, 2.05) is 0 Å². The van der Waals surface area contributed by atoms with Crippen LogP contribution in [0.25, 0.3) is 0 Å². The molecule has 0 aromatic carbocycles. The molecule has 1 unspecified atom stereocenters. The lowest BCUT2D eigenvalue weighted by molar-refractivity contribution is 0.403.